The SMILES string of the molecule is CC(NC(=O)c1ccnc(Nc2cccc(F)c2)n1)c1ccccc1. The minimum atomic E-state index is -0.365. The lowest BCUT2D eigenvalue weighted by Crippen LogP contribution is -2.27. The van der Waals surface area contributed by atoms with E-state index >= 15 is 0 Å². The van der Waals surface area contributed by atoms with Gasteiger partial charge in [-0.25, -0.2) is 14.4 Å². The number of benzene rings is 2. The van der Waals surface area contributed by atoms with Gasteiger partial charge in [-0.05, 0) is 36.8 Å². The van der Waals surface area contributed by atoms with Crippen LogP contribution in [0.1, 0.15) is 29.0 Å². The van der Waals surface area contributed by atoms with Gasteiger partial charge in [-0.2, -0.15) is 0 Å². The standard InChI is InChI=1S/C19H17FN4O/c1-13(14-6-3-2-4-7-14)22-18(25)17-10-11-21-19(24-17)23-16-9-5-8-15(20)12-16/h2-13H,1H3,(H,22,25)(H,21,23,24). The number of carbonyl (C=O) groups excluding carboxylic acids is 1. The molecule has 1 heterocycles. The Balaban J connectivity index is 1.71. The highest BCUT2D eigenvalue weighted by molar-refractivity contribution is 5.92. The second kappa shape index (κ2) is 7.53. The quantitative estimate of drug-likeness (QED) is 0.743. The van der Waals surface area contributed by atoms with Crippen molar-refractivity contribution < 1.29 is 9.18 Å². The molecule has 1 amide bonds. The maximum Gasteiger partial charge on any atom is 0.270 e. The predicted molar refractivity (Wildman–Crippen MR) is 94.0 cm³/mol. The average molecular weight is 336 g/mol. The van der Waals surface area contributed by atoms with Crippen molar-refractivity contribution in [2.24, 2.45) is 0 Å². The molecule has 6 heteroatoms. The van der Waals surface area contributed by atoms with Gasteiger partial charge in [0.2, 0.25) is 5.95 Å². The molecule has 2 N–H and O–H groups in total. The molecule has 3 aromatic rings. The zero-order valence-electron chi connectivity index (χ0n) is 13.6. The molecule has 0 bridgehead atoms. The molecular formula is C19H17FN4O. The van der Waals surface area contributed by atoms with Gasteiger partial charge in [0.15, 0.2) is 0 Å². The first-order valence-electron chi connectivity index (χ1n) is 7.83. The summed E-state index contributed by atoms with van der Waals surface area (Å²) in [6, 6.07) is 17.0. The van der Waals surface area contributed by atoms with Gasteiger partial charge in [-0.1, -0.05) is 36.4 Å². The smallest absolute Gasteiger partial charge is 0.270 e. The molecule has 0 radical (unpaired) electrons. The monoisotopic (exact) mass is 336 g/mol. The maximum absolute atomic E-state index is 13.2. The number of amides is 1. The van der Waals surface area contributed by atoms with Gasteiger partial charge in [0.25, 0.3) is 5.91 Å². The highest BCUT2D eigenvalue weighted by Crippen LogP contribution is 2.15. The van der Waals surface area contributed by atoms with E-state index in [-0.39, 0.29) is 29.4 Å². The predicted octanol–water partition coefficient (Wildman–Crippen LogP) is 3.85. The number of anilines is 2. The van der Waals surface area contributed by atoms with Gasteiger partial charge < -0.3 is 10.6 Å². The average Bonchev–Trinajstić information content (AvgIpc) is 2.62. The number of nitrogens with zero attached hydrogens (tertiary/aromatic N) is 2. The molecule has 1 unspecified atom stereocenters. The lowest BCUT2D eigenvalue weighted by molar-refractivity contribution is 0.0935. The van der Waals surface area contributed by atoms with Crippen LogP contribution in [-0.2, 0) is 0 Å². The Morgan fingerprint density at radius 1 is 1.08 bits per heavy atom. The van der Waals surface area contributed by atoms with Crippen molar-refractivity contribution in [1.82, 2.24) is 15.3 Å². The summed E-state index contributed by atoms with van der Waals surface area (Å²) >= 11 is 0. The fraction of sp³-hybridized carbons (Fsp3) is 0.105. The van der Waals surface area contributed by atoms with Crippen LogP contribution in [0, 0.1) is 5.82 Å². The topological polar surface area (TPSA) is 66.9 Å². The van der Waals surface area contributed by atoms with Crippen LogP contribution in [0.15, 0.2) is 66.9 Å². The van der Waals surface area contributed by atoms with Gasteiger partial charge in [0, 0.05) is 11.9 Å². The highest BCUT2D eigenvalue weighted by Gasteiger charge is 2.13. The summed E-state index contributed by atoms with van der Waals surface area (Å²) in [5.41, 5.74) is 1.75. The van der Waals surface area contributed by atoms with E-state index in [9.17, 15) is 9.18 Å². The van der Waals surface area contributed by atoms with Crippen molar-refractivity contribution in [3.63, 3.8) is 0 Å². The number of hydrogen-bond acceptors (Lipinski definition) is 4. The zero-order chi connectivity index (χ0) is 17.6. The van der Waals surface area contributed by atoms with E-state index in [1.165, 1.54) is 24.4 Å². The maximum atomic E-state index is 13.2. The summed E-state index contributed by atoms with van der Waals surface area (Å²) in [5, 5.41) is 5.78. The van der Waals surface area contributed by atoms with Crippen LogP contribution in [0.2, 0.25) is 0 Å². The molecule has 1 atom stereocenters. The first-order chi connectivity index (χ1) is 12.1. The molecule has 1 aromatic heterocycles. The highest BCUT2D eigenvalue weighted by atomic mass is 19.1. The number of carbonyl (C=O) groups is 1. The molecule has 0 saturated carbocycles. The van der Waals surface area contributed by atoms with Gasteiger partial charge in [-0.3, -0.25) is 4.79 Å². The lowest BCUT2D eigenvalue weighted by atomic mass is 10.1. The Morgan fingerprint density at radius 2 is 1.88 bits per heavy atom. The fourth-order valence-electron chi connectivity index (χ4n) is 2.34. The number of halogens is 1. The summed E-state index contributed by atoms with van der Waals surface area (Å²) in [7, 11) is 0. The normalized spacial score (nSPS) is 11.6. The first kappa shape index (κ1) is 16.6. The molecule has 25 heavy (non-hydrogen) atoms. The number of aromatic nitrogens is 2. The second-order valence-corrected chi connectivity index (χ2v) is 5.51. The minimum Gasteiger partial charge on any atom is -0.344 e. The third-order valence-electron chi connectivity index (χ3n) is 3.62. The Hall–Kier alpha value is -3.28. The van der Waals surface area contributed by atoms with Crippen molar-refractivity contribution in [3.05, 3.63) is 83.9 Å². The van der Waals surface area contributed by atoms with Crippen LogP contribution in [0.25, 0.3) is 0 Å². The van der Waals surface area contributed by atoms with E-state index in [1.807, 2.05) is 37.3 Å². The van der Waals surface area contributed by atoms with Crippen molar-refractivity contribution in [2.45, 2.75) is 13.0 Å². The molecule has 5 nitrogen and oxygen atoms in total. The van der Waals surface area contributed by atoms with Crippen LogP contribution in [-0.4, -0.2) is 15.9 Å². The molecular weight excluding hydrogens is 319 g/mol. The summed E-state index contributed by atoms with van der Waals surface area (Å²) in [6.45, 7) is 1.90. The first-order valence-corrected chi connectivity index (χ1v) is 7.83. The van der Waals surface area contributed by atoms with E-state index in [0.29, 0.717) is 5.69 Å². The zero-order valence-corrected chi connectivity index (χ0v) is 13.6. The lowest BCUT2D eigenvalue weighted by Gasteiger charge is -2.14. The third-order valence-corrected chi connectivity index (χ3v) is 3.62. The van der Waals surface area contributed by atoms with Crippen molar-refractivity contribution in [3.8, 4) is 0 Å². The molecule has 0 aliphatic heterocycles. The van der Waals surface area contributed by atoms with Crippen molar-refractivity contribution >= 4 is 17.5 Å². The van der Waals surface area contributed by atoms with Crippen LogP contribution >= 0.6 is 0 Å². The Bertz CT molecular complexity index is 870. The van der Waals surface area contributed by atoms with Crippen molar-refractivity contribution in [1.29, 1.82) is 0 Å². The largest absolute Gasteiger partial charge is 0.344 e. The van der Waals surface area contributed by atoms with E-state index in [1.54, 1.807) is 12.1 Å². The molecule has 0 aliphatic rings. The van der Waals surface area contributed by atoms with Crippen LogP contribution in [0.5, 0.6) is 0 Å². The molecule has 0 saturated heterocycles. The molecule has 126 valence electrons. The Kier molecular flexibility index (Phi) is 4.99. The molecule has 2 aromatic carbocycles. The molecule has 0 aliphatic carbocycles. The Labute approximate surface area is 145 Å². The van der Waals surface area contributed by atoms with Gasteiger partial charge in [0.1, 0.15) is 11.5 Å². The van der Waals surface area contributed by atoms with E-state index < -0.39 is 0 Å². The number of nitrogens with one attached hydrogen (secondary N) is 2. The molecule has 0 spiro atoms. The molecule has 3 rings (SSSR count). The molecule has 0 fully saturated rings. The third kappa shape index (κ3) is 4.38. The van der Waals surface area contributed by atoms with Crippen molar-refractivity contribution in [2.75, 3.05) is 5.32 Å². The fourth-order valence-corrected chi connectivity index (χ4v) is 2.34. The van der Waals surface area contributed by atoms with Gasteiger partial charge in [0.05, 0.1) is 6.04 Å². The summed E-state index contributed by atoms with van der Waals surface area (Å²) < 4.78 is 13.2. The summed E-state index contributed by atoms with van der Waals surface area (Å²) in [6.07, 6.45) is 1.48. The van der Waals surface area contributed by atoms with E-state index in [4.69, 9.17) is 0 Å². The van der Waals surface area contributed by atoms with E-state index in [0.717, 1.165) is 5.56 Å². The second-order valence-electron chi connectivity index (χ2n) is 5.51. The van der Waals surface area contributed by atoms with Gasteiger partial charge in [-0.15, -0.1) is 0 Å². The van der Waals surface area contributed by atoms with Crippen LogP contribution in [0.3, 0.4) is 0 Å². The number of hydrogen-bond donors (Lipinski definition) is 2. The number of rotatable bonds is 5. The van der Waals surface area contributed by atoms with Crippen LogP contribution in [0.4, 0.5) is 16.0 Å². The van der Waals surface area contributed by atoms with E-state index in [2.05, 4.69) is 20.6 Å². The summed E-state index contributed by atoms with van der Waals surface area (Å²) in [4.78, 5) is 20.6. The minimum absolute atomic E-state index is 0.150. The summed E-state index contributed by atoms with van der Waals surface area (Å²) in [5.74, 6) is -0.442. The van der Waals surface area contributed by atoms with Gasteiger partial charge >= 0.3 is 0 Å². The Morgan fingerprint density at radius 3 is 2.64 bits per heavy atom. The van der Waals surface area contributed by atoms with Crippen LogP contribution < -0.4 is 10.6 Å².